The topological polar surface area (TPSA) is 58.9 Å². The van der Waals surface area contributed by atoms with Gasteiger partial charge in [0.2, 0.25) is 0 Å². The lowest BCUT2D eigenvalue weighted by atomic mass is 9.58. The van der Waals surface area contributed by atoms with Crippen LogP contribution >= 0.6 is 0 Å². The highest BCUT2D eigenvalue weighted by Crippen LogP contribution is 2.51. The Balaban J connectivity index is 1.41. The first kappa shape index (κ1) is 18.0. The van der Waals surface area contributed by atoms with Crippen LogP contribution < -0.4 is 0 Å². The van der Waals surface area contributed by atoms with E-state index in [9.17, 15) is 10.2 Å². The van der Waals surface area contributed by atoms with Crippen LogP contribution in [0.4, 0.5) is 0 Å². The molecule has 8 atom stereocenters. The molecular weight excluding hydrogens is 316 g/mol. The van der Waals surface area contributed by atoms with Crippen LogP contribution in [-0.4, -0.2) is 34.5 Å². The molecule has 3 aliphatic carbocycles. The highest BCUT2D eigenvalue weighted by molar-refractivity contribution is 5.01. The molecule has 4 nitrogen and oxygen atoms in total. The highest BCUT2D eigenvalue weighted by atomic mass is 16.7. The molecule has 0 bridgehead atoms. The summed E-state index contributed by atoms with van der Waals surface area (Å²) in [6.45, 7) is 3.92. The molecule has 0 radical (unpaired) electrons. The van der Waals surface area contributed by atoms with Crippen molar-refractivity contribution in [3.05, 3.63) is 12.2 Å². The van der Waals surface area contributed by atoms with Crippen molar-refractivity contribution in [2.75, 3.05) is 0 Å². The van der Waals surface area contributed by atoms with Crippen molar-refractivity contribution in [3.8, 4) is 0 Å². The van der Waals surface area contributed by atoms with Gasteiger partial charge in [-0.05, 0) is 69.6 Å². The quantitative estimate of drug-likeness (QED) is 0.603. The van der Waals surface area contributed by atoms with Gasteiger partial charge in [0.05, 0.1) is 5.60 Å². The number of aliphatic hydroxyl groups excluding tert-OH is 2. The monoisotopic (exact) mass is 350 g/mol. The second kappa shape index (κ2) is 6.95. The van der Waals surface area contributed by atoms with Crippen LogP contribution in [0.3, 0.4) is 0 Å². The standard InChI is InChI=1S/C21H34O4/c1-21(2)12-18(20(23)25-21)24-19(22)16-9-5-8-15-10-13-6-3-4-7-14(13)11-17(15)16/h3-4,13-20,22-23H,5-12H2,1-2H3. The summed E-state index contributed by atoms with van der Waals surface area (Å²) in [7, 11) is 0. The SMILES string of the molecule is CC1(C)CC(OC(O)C2CCCC3CC4CC=CCC4CC32)C(O)O1. The third-order valence-electron chi connectivity index (χ3n) is 7.29. The van der Waals surface area contributed by atoms with Crippen molar-refractivity contribution in [2.45, 2.75) is 89.5 Å². The predicted octanol–water partition coefficient (Wildman–Crippen LogP) is 3.62. The van der Waals surface area contributed by atoms with Crippen molar-refractivity contribution >= 4 is 0 Å². The molecule has 1 aliphatic heterocycles. The van der Waals surface area contributed by atoms with Gasteiger partial charge in [-0.25, -0.2) is 0 Å². The van der Waals surface area contributed by atoms with Crippen molar-refractivity contribution < 1.29 is 19.7 Å². The minimum Gasteiger partial charge on any atom is -0.368 e. The summed E-state index contributed by atoms with van der Waals surface area (Å²) in [6.07, 6.45) is 11.8. The average Bonchev–Trinajstić information content (AvgIpc) is 2.84. The summed E-state index contributed by atoms with van der Waals surface area (Å²) in [6, 6.07) is 0. The van der Waals surface area contributed by atoms with E-state index in [2.05, 4.69) is 12.2 Å². The molecule has 0 aromatic heterocycles. The summed E-state index contributed by atoms with van der Waals surface area (Å²) >= 11 is 0. The third kappa shape index (κ3) is 3.69. The molecule has 142 valence electrons. The molecule has 25 heavy (non-hydrogen) atoms. The molecule has 0 amide bonds. The zero-order valence-corrected chi connectivity index (χ0v) is 15.6. The van der Waals surface area contributed by atoms with E-state index in [1.807, 2.05) is 13.8 Å². The first-order valence-corrected chi connectivity index (χ1v) is 10.3. The molecule has 4 rings (SSSR count). The smallest absolute Gasteiger partial charge is 0.181 e. The Hall–Kier alpha value is -0.420. The molecule has 0 aromatic rings. The maximum atomic E-state index is 10.9. The van der Waals surface area contributed by atoms with Gasteiger partial charge in [-0.3, -0.25) is 0 Å². The second-order valence-electron chi connectivity index (χ2n) is 9.49. The first-order chi connectivity index (χ1) is 11.9. The molecule has 0 spiro atoms. The van der Waals surface area contributed by atoms with E-state index in [0.717, 1.165) is 24.2 Å². The van der Waals surface area contributed by atoms with E-state index in [-0.39, 0.29) is 11.5 Å². The van der Waals surface area contributed by atoms with Crippen LogP contribution in [0.25, 0.3) is 0 Å². The van der Waals surface area contributed by atoms with E-state index in [1.165, 1.54) is 38.5 Å². The molecule has 3 fully saturated rings. The minimum atomic E-state index is -0.928. The first-order valence-electron chi connectivity index (χ1n) is 10.3. The molecule has 8 unspecified atom stereocenters. The normalized spacial score (nSPS) is 47.1. The number of aliphatic hydroxyl groups is 2. The van der Waals surface area contributed by atoms with Crippen molar-refractivity contribution in [3.63, 3.8) is 0 Å². The van der Waals surface area contributed by atoms with Crippen LogP contribution in [0, 0.1) is 29.6 Å². The lowest BCUT2D eigenvalue weighted by Gasteiger charge is -2.49. The molecule has 1 saturated heterocycles. The summed E-state index contributed by atoms with van der Waals surface area (Å²) in [5.41, 5.74) is -0.384. The zero-order chi connectivity index (χ0) is 17.6. The van der Waals surface area contributed by atoms with Crippen LogP contribution in [-0.2, 0) is 9.47 Å². The fraction of sp³-hybridized carbons (Fsp3) is 0.905. The van der Waals surface area contributed by atoms with Crippen molar-refractivity contribution in [1.82, 2.24) is 0 Å². The summed E-state index contributed by atoms with van der Waals surface area (Å²) in [4.78, 5) is 0. The number of hydrogen-bond acceptors (Lipinski definition) is 4. The van der Waals surface area contributed by atoms with Crippen molar-refractivity contribution in [1.29, 1.82) is 0 Å². The molecule has 2 saturated carbocycles. The van der Waals surface area contributed by atoms with Gasteiger partial charge in [0.15, 0.2) is 12.6 Å². The van der Waals surface area contributed by atoms with Crippen LogP contribution in [0.5, 0.6) is 0 Å². The molecular formula is C21H34O4. The highest BCUT2D eigenvalue weighted by Gasteiger charge is 2.47. The number of fused-ring (bicyclic) bond motifs is 2. The minimum absolute atomic E-state index is 0.210. The summed E-state index contributed by atoms with van der Waals surface area (Å²) in [5, 5.41) is 20.9. The lowest BCUT2D eigenvalue weighted by Crippen LogP contribution is -2.45. The lowest BCUT2D eigenvalue weighted by molar-refractivity contribution is -0.230. The molecule has 1 heterocycles. The summed E-state index contributed by atoms with van der Waals surface area (Å²) < 4.78 is 11.5. The van der Waals surface area contributed by atoms with Gasteiger partial charge in [0.1, 0.15) is 6.10 Å². The van der Waals surface area contributed by atoms with E-state index < -0.39 is 18.7 Å². The zero-order valence-electron chi connectivity index (χ0n) is 15.6. The van der Waals surface area contributed by atoms with Crippen molar-refractivity contribution in [2.24, 2.45) is 29.6 Å². The maximum Gasteiger partial charge on any atom is 0.181 e. The van der Waals surface area contributed by atoms with Crippen LogP contribution in [0.1, 0.15) is 65.2 Å². The van der Waals surface area contributed by atoms with Gasteiger partial charge in [-0.2, -0.15) is 0 Å². The van der Waals surface area contributed by atoms with Gasteiger partial charge in [-0.15, -0.1) is 0 Å². The van der Waals surface area contributed by atoms with Gasteiger partial charge in [-0.1, -0.05) is 25.0 Å². The second-order valence-corrected chi connectivity index (χ2v) is 9.49. The van der Waals surface area contributed by atoms with Crippen LogP contribution in [0.2, 0.25) is 0 Å². The van der Waals surface area contributed by atoms with Gasteiger partial charge in [0, 0.05) is 12.3 Å². The largest absolute Gasteiger partial charge is 0.368 e. The predicted molar refractivity (Wildman–Crippen MR) is 95.6 cm³/mol. The number of allylic oxidation sites excluding steroid dienone is 2. The summed E-state index contributed by atoms with van der Waals surface area (Å²) in [5.74, 6) is 3.17. The fourth-order valence-electron chi connectivity index (χ4n) is 6.08. The molecule has 2 N–H and O–H groups in total. The Morgan fingerprint density at radius 1 is 1.08 bits per heavy atom. The van der Waals surface area contributed by atoms with E-state index in [4.69, 9.17) is 9.47 Å². The Bertz CT molecular complexity index is 502. The van der Waals surface area contributed by atoms with E-state index in [1.54, 1.807) is 0 Å². The van der Waals surface area contributed by atoms with Gasteiger partial charge in [0.25, 0.3) is 0 Å². The number of rotatable bonds is 3. The Labute approximate surface area is 151 Å². The Morgan fingerprint density at radius 2 is 1.80 bits per heavy atom. The molecule has 4 aliphatic rings. The fourth-order valence-corrected chi connectivity index (χ4v) is 6.08. The third-order valence-corrected chi connectivity index (χ3v) is 7.29. The average molecular weight is 350 g/mol. The van der Waals surface area contributed by atoms with Gasteiger partial charge >= 0.3 is 0 Å². The number of ether oxygens (including phenoxy) is 2. The molecule has 4 heteroatoms. The van der Waals surface area contributed by atoms with Crippen LogP contribution in [0.15, 0.2) is 12.2 Å². The van der Waals surface area contributed by atoms with E-state index >= 15 is 0 Å². The number of hydrogen-bond donors (Lipinski definition) is 2. The Kier molecular flexibility index (Phi) is 5.00. The Morgan fingerprint density at radius 3 is 2.48 bits per heavy atom. The molecule has 0 aromatic carbocycles. The maximum absolute atomic E-state index is 10.9. The van der Waals surface area contributed by atoms with E-state index in [0.29, 0.717) is 12.3 Å². The van der Waals surface area contributed by atoms with Gasteiger partial charge < -0.3 is 19.7 Å².